The van der Waals surface area contributed by atoms with E-state index < -0.39 is 0 Å². The van der Waals surface area contributed by atoms with Gasteiger partial charge in [0.15, 0.2) is 0 Å². The van der Waals surface area contributed by atoms with Gasteiger partial charge in [-0.15, -0.1) is 0 Å². The highest BCUT2D eigenvalue weighted by Crippen LogP contribution is 2.28. The van der Waals surface area contributed by atoms with Crippen molar-refractivity contribution in [2.75, 3.05) is 26.2 Å². The van der Waals surface area contributed by atoms with E-state index in [2.05, 4.69) is 39.2 Å². The average molecular weight is 732 g/mol. The highest BCUT2D eigenvalue weighted by molar-refractivity contribution is 5.72. The first-order valence-electron chi connectivity index (χ1n) is 23.4. The molecule has 0 aromatic heterocycles. The van der Waals surface area contributed by atoms with Crippen LogP contribution in [0.3, 0.4) is 0 Å². The van der Waals surface area contributed by atoms with Gasteiger partial charge in [0.25, 0.3) is 0 Å². The summed E-state index contributed by atoms with van der Waals surface area (Å²) in [5.41, 5.74) is 1.55. The third kappa shape index (κ3) is 33.4. The Kier molecular flexibility index (Phi) is 40.2. The predicted molar refractivity (Wildman–Crippen MR) is 230 cm³/mol. The van der Waals surface area contributed by atoms with Gasteiger partial charge in [0.2, 0.25) is 0 Å². The molecule has 2 unspecified atom stereocenters. The molecule has 0 saturated carbocycles. The average Bonchev–Trinajstić information content (AvgIpc) is 3.15. The number of carbonyl (C=O) groups excluding carboxylic acids is 1. The molecule has 0 radical (unpaired) electrons. The van der Waals surface area contributed by atoms with Crippen LogP contribution in [0.4, 0.5) is 0 Å². The zero-order valence-electron chi connectivity index (χ0n) is 35.9. The van der Waals surface area contributed by atoms with E-state index in [-0.39, 0.29) is 11.9 Å². The topological polar surface area (TPSA) is 49.8 Å². The van der Waals surface area contributed by atoms with Gasteiger partial charge >= 0.3 is 5.97 Å². The number of allylic oxidation sites excluding steroid dienone is 2. The summed E-state index contributed by atoms with van der Waals surface area (Å²) in [6, 6.07) is 0. The molecule has 4 nitrogen and oxygen atoms in total. The Morgan fingerprint density at radius 3 is 1.50 bits per heavy atom. The SMILES string of the molecule is C=C(CCCCCCCCCCN(CCCCO)CCCCCCC/C=C/OC(=O)C(CCCC)CCCCCC)C(CCCC)CCCCCC. The standard InChI is InChI=1S/C48H93NO3/c1-6-10-14-28-38-46(36-12-8-3)45(5)35-27-23-19-16-17-20-24-30-40-49(42-32-33-43-50)41-31-25-21-18-22-26-34-44-52-48(51)47(37-13-9-4)39-29-15-11-7-2/h34,44,46-47,50H,5-33,35-43H2,1-4H3/b44-34+. The molecule has 0 aliphatic carbocycles. The van der Waals surface area contributed by atoms with E-state index in [1.165, 1.54) is 174 Å². The Morgan fingerprint density at radius 1 is 0.538 bits per heavy atom. The number of rotatable bonds is 42. The lowest BCUT2D eigenvalue weighted by Crippen LogP contribution is -2.27. The third-order valence-corrected chi connectivity index (χ3v) is 11.3. The molecule has 0 fully saturated rings. The molecular formula is C48H93NO3. The van der Waals surface area contributed by atoms with E-state index in [1.807, 2.05) is 6.08 Å². The van der Waals surface area contributed by atoms with Crippen molar-refractivity contribution in [3.8, 4) is 0 Å². The molecule has 0 rings (SSSR count). The third-order valence-electron chi connectivity index (χ3n) is 11.3. The zero-order valence-corrected chi connectivity index (χ0v) is 35.9. The largest absolute Gasteiger partial charge is 0.435 e. The molecule has 308 valence electrons. The number of hydrogen-bond donors (Lipinski definition) is 1. The van der Waals surface area contributed by atoms with Crippen molar-refractivity contribution in [3.63, 3.8) is 0 Å². The zero-order chi connectivity index (χ0) is 38.2. The van der Waals surface area contributed by atoms with Gasteiger partial charge in [-0.3, -0.25) is 4.79 Å². The van der Waals surface area contributed by atoms with Gasteiger partial charge in [0.05, 0.1) is 12.2 Å². The summed E-state index contributed by atoms with van der Waals surface area (Å²) < 4.78 is 5.54. The van der Waals surface area contributed by atoms with Gasteiger partial charge in [-0.1, -0.05) is 175 Å². The van der Waals surface area contributed by atoms with Crippen LogP contribution in [0.5, 0.6) is 0 Å². The maximum absolute atomic E-state index is 12.6. The summed E-state index contributed by atoms with van der Waals surface area (Å²) in [4.78, 5) is 15.3. The molecule has 0 aromatic rings. The van der Waals surface area contributed by atoms with Crippen LogP contribution in [0.1, 0.15) is 240 Å². The summed E-state index contributed by atoms with van der Waals surface area (Å²) in [6.45, 7) is 17.4. The van der Waals surface area contributed by atoms with Crippen molar-refractivity contribution in [1.82, 2.24) is 4.90 Å². The lowest BCUT2D eigenvalue weighted by molar-refractivity contribution is -0.143. The van der Waals surface area contributed by atoms with Gasteiger partial charge in [0, 0.05) is 6.61 Å². The van der Waals surface area contributed by atoms with Crippen molar-refractivity contribution in [2.45, 2.75) is 240 Å². The van der Waals surface area contributed by atoms with Crippen molar-refractivity contribution in [3.05, 3.63) is 24.5 Å². The Hall–Kier alpha value is -1.13. The summed E-state index contributed by atoms with van der Waals surface area (Å²) in [6.07, 6.45) is 45.1. The number of esters is 1. The molecule has 0 heterocycles. The van der Waals surface area contributed by atoms with E-state index in [0.717, 1.165) is 63.8 Å². The number of nitrogens with zero attached hydrogens (tertiary/aromatic N) is 1. The molecule has 0 aliphatic rings. The van der Waals surface area contributed by atoms with E-state index >= 15 is 0 Å². The quantitative estimate of drug-likeness (QED) is 0.0294. The maximum atomic E-state index is 12.6. The Balaban J connectivity index is 4.05. The molecule has 4 heteroatoms. The number of aliphatic hydroxyl groups is 1. The minimum Gasteiger partial charge on any atom is -0.435 e. The fourth-order valence-electron chi connectivity index (χ4n) is 7.61. The van der Waals surface area contributed by atoms with Crippen LogP contribution in [-0.4, -0.2) is 42.2 Å². The molecule has 0 aliphatic heterocycles. The predicted octanol–water partition coefficient (Wildman–Crippen LogP) is 15.1. The molecule has 52 heavy (non-hydrogen) atoms. The van der Waals surface area contributed by atoms with Crippen LogP contribution >= 0.6 is 0 Å². The molecule has 0 bridgehead atoms. The minimum absolute atomic E-state index is 0.0212. The van der Waals surface area contributed by atoms with Crippen molar-refractivity contribution < 1.29 is 14.6 Å². The van der Waals surface area contributed by atoms with E-state index in [1.54, 1.807) is 11.8 Å². The van der Waals surface area contributed by atoms with Gasteiger partial charge in [-0.25, -0.2) is 0 Å². The molecule has 2 atom stereocenters. The summed E-state index contributed by atoms with van der Waals surface area (Å²) in [5.74, 6) is 0.822. The van der Waals surface area contributed by atoms with Crippen LogP contribution in [0.2, 0.25) is 0 Å². The van der Waals surface area contributed by atoms with E-state index in [9.17, 15) is 9.90 Å². The number of aliphatic hydroxyl groups excluding tert-OH is 1. The lowest BCUT2D eigenvalue weighted by atomic mass is 9.86. The molecular weight excluding hydrogens is 639 g/mol. The van der Waals surface area contributed by atoms with Crippen molar-refractivity contribution in [1.29, 1.82) is 0 Å². The molecule has 0 aromatic carbocycles. The highest BCUT2D eigenvalue weighted by atomic mass is 16.5. The van der Waals surface area contributed by atoms with Gasteiger partial charge in [-0.2, -0.15) is 0 Å². The van der Waals surface area contributed by atoms with Crippen molar-refractivity contribution >= 4 is 5.97 Å². The Morgan fingerprint density at radius 2 is 0.962 bits per heavy atom. The van der Waals surface area contributed by atoms with Crippen LogP contribution in [0.15, 0.2) is 24.5 Å². The van der Waals surface area contributed by atoms with E-state index in [4.69, 9.17) is 4.74 Å². The van der Waals surface area contributed by atoms with Gasteiger partial charge in [-0.05, 0) is 109 Å². The second kappa shape index (κ2) is 41.0. The number of unbranched alkanes of at least 4 members (excludes halogenated alkanes) is 21. The van der Waals surface area contributed by atoms with Gasteiger partial charge in [0.1, 0.15) is 0 Å². The molecule has 0 spiro atoms. The summed E-state index contributed by atoms with van der Waals surface area (Å²) in [7, 11) is 0. The summed E-state index contributed by atoms with van der Waals surface area (Å²) >= 11 is 0. The number of carbonyl (C=O) groups is 1. The van der Waals surface area contributed by atoms with E-state index in [0.29, 0.717) is 6.61 Å². The fraction of sp³-hybridized carbons (Fsp3) is 0.896. The molecule has 0 amide bonds. The monoisotopic (exact) mass is 732 g/mol. The highest BCUT2D eigenvalue weighted by Gasteiger charge is 2.18. The summed E-state index contributed by atoms with van der Waals surface area (Å²) in [5, 5.41) is 9.29. The smallest absolute Gasteiger partial charge is 0.313 e. The molecule has 1 N–H and O–H groups in total. The first-order chi connectivity index (χ1) is 25.5. The molecule has 0 saturated heterocycles. The second-order valence-corrected chi connectivity index (χ2v) is 16.3. The lowest BCUT2D eigenvalue weighted by Gasteiger charge is -2.22. The van der Waals surface area contributed by atoms with Gasteiger partial charge < -0.3 is 14.7 Å². The first-order valence-corrected chi connectivity index (χ1v) is 23.4. The van der Waals surface area contributed by atoms with Crippen LogP contribution < -0.4 is 0 Å². The van der Waals surface area contributed by atoms with Crippen molar-refractivity contribution in [2.24, 2.45) is 11.8 Å². The second-order valence-electron chi connectivity index (χ2n) is 16.3. The van der Waals surface area contributed by atoms with Crippen LogP contribution in [0, 0.1) is 11.8 Å². The van der Waals surface area contributed by atoms with Crippen LogP contribution in [-0.2, 0) is 9.53 Å². The normalized spacial score (nSPS) is 13.0. The first kappa shape index (κ1) is 50.9. The number of hydrogen-bond acceptors (Lipinski definition) is 4. The number of ether oxygens (including phenoxy) is 1. The Bertz CT molecular complexity index is 780. The minimum atomic E-state index is -0.0212. The Labute approximate surface area is 326 Å². The fourth-order valence-corrected chi connectivity index (χ4v) is 7.61. The maximum Gasteiger partial charge on any atom is 0.313 e. The van der Waals surface area contributed by atoms with Crippen LogP contribution in [0.25, 0.3) is 0 Å².